The summed E-state index contributed by atoms with van der Waals surface area (Å²) >= 11 is 6.04. The summed E-state index contributed by atoms with van der Waals surface area (Å²) in [6, 6.07) is 1.89. The van der Waals surface area contributed by atoms with E-state index in [0.717, 1.165) is 18.4 Å². The molecule has 0 spiro atoms. The van der Waals surface area contributed by atoms with Crippen molar-refractivity contribution in [2.45, 2.75) is 24.9 Å². The molecule has 17 heavy (non-hydrogen) atoms. The number of hydrogen-bond donors (Lipinski definition) is 2. The van der Waals surface area contributed by atoms with E-state index in [9.17, 15) is 5.11 Å². The van der Waals surface area contributed by atoms with Crippen molar-refractivity contribution in [3.05, 3.63) is 29.0 Å². The minimum absolute atomic E-state index is 0.124. The van der Waals surface area contributed by atoms with E-state index in [0.29, 0.717) is 24.8 Å². The largest absolute Gasteiger partial charge is 0.394 e. The first-order valence-corrected chi connectivity index (χ1v) is 6.16. The van der Waals surface area contributed by atoms with Crippen LogP contribution in [0.1, 0.15) is 18.4 Å². The maximum Gasteiger partial charge on any atom is 0.0634 e. The van der Waals surface area contributed by atoms with Crippen molar-refractivity contribution in [3.63, 3.8) is 0 Å². The lowest BCUT2D eigenvalue weighted by molar-refractivity contribution is 0.0112. The molecule has 0 atom stereocenters. The predicted molar refractivity (Wildman–Crippen MR) is 66.0 cm³/mol. The highest BCUT2D eigenvalue weighted by atomic mass is 35.5. The van der Waals surface area contributed by atoms with Crippen molar-refractivity contribution < 1.29 is 9.84 Å². The first kappa shape index (κ1) is 12.8. The summed E-state index contributed by atoms with van der Waals surface area (Å²) in [4.78, 5) is 3.95. The lowest BCUT2D eigenvalue weighted by atomic mass is 9.91. The lowest BCUT2D eigenvalue weighted by Crippen LogP contribution is -2.51. The van der Waals surface area contributed by atoms with Crippen LogP contribution in [-0.4, -0.2) is 35.5 Å². The molecule has 2 N–H and O–H groups in total. The molecular formula is C12H17ClN2O2. The molecule has 0 saturated carbocycles. The second-order valence-electron chi connectivity index (χ2n) is 4.37. The van der Waals surface area contributed by atoms with Crippen LogP contribution in [0.2, 0.25) is 5.02 Å². The Balaban J connectivity index is 1.98. The third-order valence-electron chi connectivity index (χ3n) is 3.26. The van der Waals surface area contributed by atoms with Gasteiger partial charge in [-0.05, 0) is 24.5 Å². The summed E-state index contributed by atoms with van der Waals surface area (Å²) in [5.41, 5.74) is 0.770. The molecule has 1 aromatic rings. The highest BCUT2D eigenvalue weighted by Crippen LogP contribution is 2.22. The summed E-state index contributed by atoms with van der Waals surface area (Å²) < 4.78 is 5.32. The predicted octanol–water partition coefficient (Wildman–Crippen LogP) is 1.37. The Kier molecular flexibility index (Phi) is 4.34. The first-order valence-electron chi connectivity index (χ1n) is 5.78. The number of aromatic nitrogens is 1. The van der Waals surface area contributed by atoms with Gasteiger partial charge >= 0.3 is 0 Å². The summed E-state index contributed by atoms with van der Waals surface area (Å²) in [6.45, 7) is 2.15. The van der Waals surface area contributed by atoms with Gasteiger partial charge in [-0.15, -0.1) is 0 Å². The quantitative estimate of drug-likeness (QED) is 0.854. The lowest BCUT2D eigenvalue weighted by Gasteiger charge is -2.36. The molecule has 0 radical (unpaired) electrons. The summed E-state index contributed by atoms with van der Waals surface area (Å²) in [6.07, 6.45) is 5.01. The van der Waals surface area contributed by atoms with Gasteiger partial charge in [-0.3, -0.25) is 4.98 Å². The number of nitrogens with one attached hydrogen (secondary N) is 1. The van der Waals surface area contributed by atoms with E-state index in [4.69, 9.17) is 16.3 Å². The highest BCUT2D eigenvalue weighted by molar-refractivity contribution is 6.31. The van der Waals surface area contributed by atoms with Gasteiger partial charge in [0.05, 0.1) is 11.6 Å². The minimum atomic E-state index is -0.231. The maximum absolute atomic E-state index is 9.53. The topological polar surface area (TPSA) is 54.4 Å². The van der Waals surface area contributed by atoms with Crippen LogP contribution in [0, 0.1) is 0 Å². The normalized spacial score (nSPS) is 19.2. The third kappa shape index (κ3) is 3.16. The molecular weight excluding hydrogens is 240 g/mol. The Morgan fingerprint density at radius 2 is 2.24 bits per heavy atom. The fourth-order valence-corrected chi connectivity index (χ4v) is 2.17. The molecule has 5 heteroatoms. The molecule has 0 aromatic carbocycles. The van der Waals surface area contributed by atoms with Gasteiger partial charge in [0.15, 0.2) is 0 Å². The SMILES string of the molecule is OCC1(NCc2ccncc2Cl)CCOCC1. The van der Waals surface area contributed by atoms with Crippen molar-refractivity contribution in [1.29, 1.82) is 0 Å². The van der Waals surface area contributed by atoms with Gasteiger partial charge < -0.3 is 15.2 Å². The van der Waals surface area contributed by atoms with Gasteiger partial charge in [-0.25, -0.2) is 0 Å². The number of ether oxygens (including phenoxy) is 1. The average Bonchev–Trinajstić information content (AvgIpc) is 2.39. The number of pyridine rings is 1. The Morgan fingerprint density at radius 1 is 1.47 bits per heavy atom. The smallest absolute Gasteiger partial charge is 0.0634 e. The number of nitrogens with zero attached hydrogens (tertiary/aromatic N) is 1. The fourth-order valence-electron chi connectivity index (χ4n) is 1.98. The molecule has 0 amide bonds. The van der Waals surface area contributed by atoms with Crippen LogP contribution in [0.25, 0.3) is 0 Å². The van der Waals surface area contributed by atoms with Gasteiger partial charge in [0.1, 0.15) is 0 Å². The number of aliphatic hydroxyl groups excluding tert-OH is 1. The van der Waals surface area contributed by atoms with Crippen molar-refractivity contribution in [2.75, 3.05) is 19.8 Å². The van der Waals surface area contributed by atoms with Gasteiger partial charge in [0.25, 0.3) is 0 Å². The van der Waals surface area contributed by atoms with Crippen molar-refractivity contribution in [1.82, 2.24) is 10.3 Å². The monoisotopic (exact) mass is 256 g/mol. The minimum Gasteiger partial charge on any atom is -0.394 e. The molecule has 1 aliphatic rings. The Hall–Kier alpha value is -0.680. The van der Waals surface area contributed by atoms with Crippen LogP contribution in [0.15, 0.2) is 18.5 Å². The number of hydrogen-bond acceptors (Lipinski definition) is 4. The highest BCUT2D eigenvalue weighted by Gasteiger charge is 2.31. The second-order valence-corrected chi connectivity index (χ2v) is 4.78. The average molecular weight is 257 g/mol. The zero-order chi connectivity index (χ0) is 12.1. The molecule has 0 aliphatic carbocycles. The fraction of sp³-hybridized carbons (Fsp3) is 0.583. The van der Waals surface area contributed by atoms with Crippen LogP contribution in [0.3, 0.4) is 0 Å². The summed E-state index contributed by atoms with van der Waals surface area (Å²) in [5, 5.41) is 13.6. The number of rotatable bonds is 4. The molecule has 2 heterocycles. The van der Waals surface area contributed by atoms with E-state index in [-0.39, 0.29) is 12.1 Å². The van der Waals surface area contributed by atoms with Crippen molar-refractivity contribution >= 4 is 11.6 Å². The van der Waals surface area contributed by atoms with E-state index in [1.807, 2.05) is 6.07 Å². The van der Waals surface area contributed by atoms with Gasteiger partial charge in [-0.2, -0.15) is 0 Å². The van der Waals surface area contributed by atoms with E-state index in [2.05, 4.69) is 10.3 Å². The second kappa shape index (κ2) is 5.78. The maximum atomic E-state index is 9.53. The molecule has 1 saturated heterocycles. The van der Waals surface area contributed by atoms with Crippen LogP contribution >= 0.6 is 11.6 Å². The standard InChI is InChI=1S/C12H17ClN2O2/c13-11-8-14-4-1-10(11)7-15-12(9-16)2-5-17-6-3-12/h1,4,8,15-16H,2-3,5-7,9H2. The molecule has 94 valence electrons. The molecule has 0 unspecified atom stereocenters. The molecule has 1 fully saturated rings. The van der Waals surface area contributed by atoms with E-state index < -0.39 is 0 Å². The summed E-state index contributed by atoms with van der Waals surface area (Å²) in [5.74, 6) is 0. The van der Waals surface area contributed by atoms with E-state index in [1.165, 1.54) is 0 Å². The first-order chi connectivity index (χ1) is 8.26. The van der Waals surface area contributed by atoms with Gasteiger partial charge in [0.2, 0.25) is 0 Å². The zero-order valence-electron chi connectivity index (χ0n) is 9.66. The number of halogens is 1. The van der Waals surface area contributed by atoms with Crippen LogP contribution in [0.5, 0.6) is 0 Å². The molecule has 2 rings (SSSR count). The van der Waals surface area contributed by atoms with Crippen molar-refractivity contribution in [3.8, 4) is 0 Å². The molecule has 0 bridgehead atoms. The molecule has 4 nitrogen and oxygen atoms in total. The van der Waals surface area contributed by atoms with E-state index in [1.54, 1.807) is 12.4 Å². The van der Waals surface area contributed by atoms with Gasteiger partial charge in [0, 0.05) is 37.7 Å². The molecule has 1 aromatic heterocycles. The van der Waals surface area contributed by atoms with Crippen molar-refractivity contribution in [2.24, 2.45) is 0 Å². The molecule has 1 aliphatic heterocycles. The van der Waals surface area contributed by atoms with Gasteiger partial charge in [-0.1, -0.05) is 11.6 Å². The van der Waals surface area contributed by atoms with Crippen LogP contribution < -0.4 is 5.32 Å². The van der Waals surface area contributed by atoms with E-state index >= 15 is 0 Å². The zero-order valence-corrected chi connectivity index (χ0v) is 10.4. The third-order valence-corrected chi connectivity index (χ3v) is 3.60. The summed E-state index contributed by atoms with van der Waals surface area (Å²) in [7, 11) is 0. The Morgan fingerprint density at radius 3 is 2.88 bits per heavy atom. The van der Waals surface area contributed by atoms with Crippen LogP contribution in [-0.2, 0) is 11.3 Å². The Bertz CT molecular complexity index is 367. The number of aliphatic hydroxyl groups is 1. The Labute approximate surface area is 106 Å². The van der Waals surface area contributed by atoms with Crippen LogP contribution in [0.4, 0.5) is 0 Å².